The molecule has 3 rings (SSSR count). The Hall–Kier alpha value is -2.83. The maximum Gasteiger partial charge on any atom is 0.332 e. The SMILES string of the molecule is CCOc1nc2c(c(=O)n(C)c(=O)n2Cc2ccccc2)n1C. The summed E-state index contributed by atoms with van der Waals surface area (Å²) in [5.41, 5.74) is 0.875. The van der Waals surface area contributed by atoms with Crippen LogP contribution in [-0.4, -0.2) is 25.3 Å². The number of fused-ring (bicyclic) bond motifs is 1. The highest BCUT2D eigenvalue weighted by Crippen LogP contribution is 2.16. The molecule has 0 bridgehead atoms. The van der Waals surface area contributed by atoms with Gasteiger partial charge in [0.25, 0.3) is 11.6 Å². The molecule has 0 aliphatic rings. The molecular formula is C16H18N4O3. The number of ether oxygens (including phenoxy) is 1. The van der Waals surface area contributed by atoms with Crippen molar-refractivity contribution in [2.24, 2.45) is 14.1 Å². The molecule has 120 valence electrons. The van der Waals surface area contributed by atoms with Crippen LogP contribution in [0.5, 0.6) is 6.01 Å². The molecule has 0 fully saturated rings. The lowest BCUT2D eigenvalue weighted by Crippen LogP contribution is -2.38. The molecule has 0 aliphatic heterocycles. The van der Waals surface area contributed by atoms with E-state index in [9.17, 15) is 9.59 Å². The zero-order valence-electron chi connectivity index (χ0n) is 13.3. The third-order valence-electron chi connectivity index (χ3n) is 3.77. The molecule has 0 saturated carbocycles. The van der Waals surface area contributed by atoms with E-state index in [1.54, 1.807) is 11.6 Å². The molecule has 1 aromatic carbocycles. The fourth-order valence-corrected chi connectivity index (χ4v) is 2.58. The molecule has 3 aromatic rings. The lowest BCUT2D eigenvalue weighted by atomic mass is 10.2. The highest BCUT2D eigenvalue weighted by molar-refractivity contribution is 5.72. The van der Waals surface area contributed by atoms with Crippen LogP contribution in [0.25, 0.3) is 11.2 Å². The Morgan fingerprint density at radius 1 is 1.09 bits per heavy atom. The van der Waals surface area contributed by atoms with Crippen LogP contribution in [0.15, 0.2) is 39.9 Å². The summed E-state index contributed by atoms with van der Waals surface area (Å²) < 4.78 is 9.63. The van der Waals surface area contributed by atoms with Crippen molar-refractivity contribution in [1.82, 2.24) is 18.7 Å². The molecule has 0 aliphatic carbocycles. The average Bonchev–Trinajstić information content (AvgIpc) is 2.88. The van der Waals surface area contributed by atoms with E-state index in [1.807, 2.05) is 37.3 Å². The molecule has 0 atom stereocenters. The van der Waals surface area contributed by atoms with Gasteiger partial charge in [0, 0.05) is 14.1 Å². The zero-order valence-corrected chi connectivity index (χ0v) is 13.3. The van der Waals surface area contributed by atoms with Crippen molar-refractivity contribution in [3.63, 3.8) is 0 Å². The van der Waals surface area contributed by atoms with Crippen LogP contribution < -0.4 is 16.0 Å². The van der Waals surface area contributed by atoms with Crippen LogP contribution in [0.2, 0.25) is 0 Å². The smallest absolute Gasteiger partial charge is 0.332 e. The lowest BCUT2D eigenvalue weighted by Gasteiger charge is -2.09. The van der Waals surface area contributed by atoms with Crippen LogP contribution >= 0.6 is 0 Å². The second-order valence-electron chi connectivity index (χ2n) is 5.28. The maximum atomic E-state index is 12.5. The molecule has 7 heteroatoms. The molecule has 0 amide bonds. The highest BCUT2D eigenvalue weighted by Gasteiger charge is 2.19. The monoisotopic (exact) mass is 314 g/mol. The van der Waals surface area contributed by atoms with Crippen molar-refractivity contribution in [3.05, 3.63) is 56.7 Å². The van der Waals surface area contributed by atoms with E-state index in [1.165, 1.54) is 11.6 Å². The maximum absolute atomic E-state index is 12.5. The topological polar surface area (TPSA) is 71.1 Å². The van der Waals surface area contributed by atoms with Crippen molar-refractivity contribution in [1.29, 1.82) is 0 Å². The molecule has 0 saturated heterocycles. The van der Waals surface area contributed by atoms with Gasteiger partial charge < -0.3 is 4.74 Å². The normalized spacial score (nSPS) is 11.1. The molecular weight excluding hydrogens is 296 g/mol. The number of aryl methyl sites for hydroxylation is 1. The van der Waals surface area contributed by atoms with Crippen molar-refractivity contribution in [2.45, 2.75) is 13.5 Å². The minimum absolute atomic E-state index is 0.326. The number of rotatable bonds is 4. The largest absolute Gasteiger partial charge is 0.465 e. The van der Waals surface area contributed by atoms with E-state index < -0.39 is 5.69 Å². The average molecular weight is 314 g/mol. The minimum Gasteiger partial charge on any atom is -0.465 e. The Morgan fingerprint density at radius 3 is 2.43 bits per heavy atom. The summed E-state index contributed by atoms with van der Waals surface area (Å²) in [6, 6.07) is 9.90. The van der Waals surface area contributed by atoms with Gasteiger partial charge in [-0.3, -0.25) is 18.5 Å². The molecule has 2 heterocycles. The predicted molar refractivity (Wildman–Crippen MR) is 86.9 cm³/mol. The summed E-state index contributed by atoms with van der Waals surface area (Å²) in [5, 5.41) is 0. The van der Waals surface area contributed by atoms with Gasteiger partial charge in [-0.25, -0.2) is 4.79 Å². The standard InChI is InChI=1S/C16H18N4O3/c1-4-23-15-17-13-12(18(15)2)14(21)19(3)16(22)20(13)10-11-8-6-5-7-9-11/h5-9H,4,10H2,1-3H3. The second-order valence-corrected chi connectivity index (χ2v) is 5.28. The lowest BCUT2D eigenvalue weighted by molar-refractivity contribution is 0.304. The van der Waals surface area contributed by atoms with Gasteiger partial charge in [0.05, 0.1) is 13.2 Å². The Kier molecular flexibility index (Phi) is 3.77. The van der Waals surface area contributed by atoms with E-state index in [4.69, 9.17) is 4.74 Å². The van der Waals surface area contributed by atoms with Gasteiger partial charge in [0.15, 0.2) is 11.2 Å². The molecule has 0 spiro atoms. The number of hydrogen-bond donors (Lipinski definition) is 0. The Balaban J connectivity index is 2.30. The van der Waals surface area contributed by atoms with Gasteiger partial charge in [0.2, 0.25) is 0 Å². The van der Waals surface area contributed by atoms with Crippen molar-refractivity contribution >= 4 is 11.2 Å². The van der Waals surface area contributed by atoms with Gasteiger partial charge in [-0.15, -0.1) is 0 Å². The summed E-state index contributed by atoms with van der Waals surface area (Å²) in [5.74, 6) is 0. The molecule has 23 heavy (non-hydrogen) atoms. The first kappa shape index (κ1) is 15.1. The number of hydrogen-bond acceptors (Lipinski definition) is 4. The number of imidazole rings is 1. The molecule has 0 N–H and O–H groups in total. The summed E-state index contributed by atoms with van der Waals surface area (Å²) in [7, 11) is 3.18. The molecule has 0 radical (unpaired) electrons. The molecule has 0 unspecified atom stereocenters. The van der Waals surface area contributed by atoms with Crippen molar-refractivity contribution in [2.75, 3.05) is 6.61 Å². The van der Waals surface area contributed by atoms with E-state index in [-0.39, 0.29) is 5.56 Å². The number of nitrogens with zero attached hydrogens (tertiary/aromatic N) is 4. The summed E-state index contributed by atoms with van der Waals surface area (Å²) in [6.07, 6.45) is 0. The number of aromatic nitrogens is 4. The van der Waals surface area contributed by atoms with Crippen molar-refractivity contribution in [3.8, 4) is 6.01 Å². The van der Waals surface area contributed by atoms with Gasteiger partial charge in [-0.2, -0.15) is 4.98 Å². The first-order valence-electron chi connectivity index (χ1n) is 7.37. The van der Waals surface area contributed by atoms with Crippen LogP contribution in [0.4, 0.5) is 0 Å². The summed E-state index contributed by atoms with van der Waals surface area (Å²) >= 11 is 0. The first-order valence-corrected chi connectivity index (χ1v) is 7.37. The second kappa shape index (κ2) is 5.75. The summed E-state index contributed by atoms with van der Waals surface area (Å²) in [4.78, 5) is 29.3. The van der Waals surface area contributed by atoms with Gasteiger partial charge in [-0.1, -0.05) is 30.3 Å². The number of benzene rings is 1. The van der Waals surface area contributed by atoms with E-state index in [0.29, 0.717) is 30.3 Å². The Morgan fingerprint density at radius 2 is 1.78 bits per heavy atom. The fourth-order valence-electron chi connectivity index (χ4n) is 2.58. The zero-order chi connectivity index (χ0) is 16.6. The van der Waals surface area contributed by atoms with Crippen LogP contribution in [0, 0.1) is 0 Å². The highest BCUT2D eigenvalue weighted by atomic mass is 16.5. The van der Waals surface area contributed by atoms with Gasteiger partial charge >= 0.3 is 5.69 Å². The van der Waals surface area contributed by atoms with Crippen LogP contribution in [0.3, 0.4) is 0 Å². The predicted octanol–water partition coefficient (Wildman–Crippen LogP) is 0.881. The fraction of sp³-hybridized carbons (Fsp3) is 0.312. The third-order valence-corrected chi connectivity index (χ3v) is 3.77. The Bertz CT molecular complexity index is 967. The molecule has 7 nitrogen and oxygen atoms in total. The third kappa shape index (κ3) is 2.44. The minimum atomic E-state index is -0.396. The van der Waals surface area contributed by atoms with Crippen molar-refractivity contribution < 1.29 is 4.74 Å². The van der Waals surface area contributed by atoms with Crippen LogP contribution in [-0.2, 0) is 20.6 Å². The van der Waals surface area contributed by atoms with E-state index >= 15 is 0 Å². The van der Waals surface area contributed by atoms with E-state index in [0.717, 1.165) is 10.1 Å². The van der Waals surface area contributed by atoms with Gasteiger partial charge in [-0.05, 0) is 12.5 Å². The summed E-state index contributed by atoms with van der Waals surface area (Å²) in [6.45, 7) is 2.61. The molecule has 2 aromatic heterocycles. The van der Waals surface area contributed by atoms with E-state index in [2.05, 4.69) is 4.98 Å². The first-order chi connectivity index (χ1) is 11.0. The van der Waals surface area contributed by atoms with Gasteiger partial charge in [0.1, 0.15) is 0 Å². The quantitative estimate of drug-likeness (QED) is 0.717. The Labute approximate surface area is 132 Å². The van der Waals surface area contributed by atoms with Crippen LogP contribution in [0.1, 0.15) is 12.5 Å².